The van der Waals surface area contributed by atoms with Gasteiger partial charge in [0, 0.05) is 12.1 Å². The van der Waals surface area contributed by atoms with E-state index in [2.05, 4.69) is 4.98 Å². The van der Waals surface area contributed by atoms with Crippen LogP contribution in [0.2, 0.25) is 0 Å². The minimum atomic E-state index is -0.517. The summed E-state index contributed by atoms with van der Waals surface area (Å²) < 4.78 is 11.0. The van der Waals surface area contributed by atoms with E-state index in [-0.39, 0.29) is 6.61 Å². The molecule has 0 aliphatic rings. The quantitative estimate of drug-likeness (QED) is 0.420. The Morgan fingerprint density at radius 2 is 2.19 bits per heavy atom. The number of carbonyl (C=O) groups is 1. The molecule has 0 aliphatic carbocycles. The third kappa shape index (κ3) is 3.09. The molecule has 0 fully saturated rings. The summed E-state index contributed by atoms with van der Waals surface area (Å²) in [5.41, 5.74) is 0.839. The van der Waals surface area contributed by atoms with Crippen LogP contribution < -0.4 is 4.73 Å². The molecule has 0 saturated carbocycles. The Balaban J connectivity index is 1.62. The fourth-order valence-corrected chi connectivity index (χ4v) is 2.31. The molecule has 0 aliphatic heterocycles. The molecule has 0 aromatic carbocycles. The smallest absolute Gasteiger partial charge is 0.338 e. The van der Waals surface area contributed by atoms with E-state index in [4.69, 9.17) is 9.15 Å². The Morgan fingerprint density at radius 1 is 1.38 bits per heavy atom. The Bertz CT molecular complexity index is 735. The van der Waals surface area contributed by atoms with Crippen molar-refractivity contribution in [3.63, 3.8) is 0 Å². The highest BCUT2D eigenvalue weighted by Gasteiger charge is 2.12. The molecule has 0 unspecified atom stereocenters. The van der Waals surface area contributed by atoms with Gasteiger partial charge in [0.25, 0.3) is 0 Å². The molecule has 6 nitrogen and oxygen atoms in total. The van der Waals surface area contributed by atoms with Crippen LogP contribution in [0.4, 0.5) is 0 Å². The van der Waals surface area contributed by atoms with Crippen molar-refractivity contribution in [1.82, 2.24) is 4.98 Å². The van der Waals surface area contributed by atoms with Gasteiger partial charge in [-0.25, -0.2) is 9.78 Å². The second-order valence-corrected chi connectivity index (χ2v) is 5.09. The summed E-state index contributed by atoms with van der Waals surface area (Å²) in [6, 6.07) is 6.60. The number of rotatable bonds is 4. The van der Waals surface area contributed by atoms with Gasteiger partial charge in [-0.05, 0) is 11.4 Å². The SMILES string of the molecule is O=C(OCc1coc(-c2cccs2)n1)c1cc[n+]([O-])cc1. The standard InChI is InChI=1S/C14H10N2O4S/c17-14(10-3-5-16(18)6-4-10)20-9-11-8-19-13(15-11)12-2-1-7-21-12/h1-8H,9H2. The zero-order valence-electron chi connectivity index (χ0n) is 10.8. The van der Waals surface area contributed by atoms with Gasteiger partial charge in [-0.15, -0.1) is 11.3 Å². The first-order valence-corrected chi connectivity index (χ1v) is 6.94. The van der Waals surface area contributed by atoms with Crippen LogP contribution in [0, 0.1) is 5.21 Å². The van der Waals surface area contributed by atoms with Crippen molar-refractivity contribution in [2.24, 2.45) is 0 Å². The lowest BCUT2D eigenvalue weighted by molar-refractivity contribution is -0.605. The van der Waals surface area contributed by atoms with E-state index in [0.717, 1.165) is 4.88 Å². The number of nitrogens with zero attached hydrogens (tertiary/aromatic N) is 2. The van der Waals surface area contributed by atoms with Crippen molar-refractivity contribution in [2.45, 2.75) is 6.61 Å². The summed E-state index contributed by atoms with van der Waals surface area (Å²) in [7, 11) is 0. The van der Waals surface area contributed by atoms with Crippen LogP contribution in [0.1, 0.15) is 16.1 Å². The van der Waals surface area contributed by atoms with Gasteiger partial charge in [0.05, 0.1) is 10.4 Å². The first kappa shape index (κ1) is 13.3. The topological polar surface area (TPSA) is 79.3 Å². The normalized spacial score (nSPS) is 10.5. The van der Waals surface area contributed by atoms with Crippen molar-refractivity contribution in [3.8, 4) is 10.8 Å². The Morgan fingerprint density at radius 3 is 2.90 bits per heavy atom. The summed E-state index contributed by atoms with van der Waals surface area (Å²) in [6.45, 7) is 0.0139. The number of hydrogen-bond donors (Lipinski definition) is 0. The summed E-state index contributed by atoms with van der Waals surface area (Å²) in [6.07, 6.45) is 3.93. The minimum absolute atomic E-state index is 0.0139. The molecule has 0 amide bonds. The fraction of sp³-hybridized carbons (Fsp3) is 0.0714. The van der Waals surface area contributed by atoms with Crippen molar-refractivity contribution >= 4 is 17.3 Å². The summed E-state index contributed by atoms with van der Waals surface area (Å²) in [4.78, 5) is 16.9. The molecule has 0 atom stereocenters. The second kappa shape index (κ2) is 5.76. The molecule has 106 valence electrons. The molecule has 0 radical (unpaired) electrons. The van der Waals surface area contributed by atoms with E-state index < -0.39 is 5.97 Å². The lowest BCUT2D eigenvalue weighted by Gasteiger charge is -2.02. The number of pyridine rings is 1. The van der Waals surface area contributed by atoms with Gasteiger partial charge < -0.3 is 14.4 Å². The van der Waals surface area contributed by atoms with E-state index >= 15 is 0 Å². The predicted octanol–water partition coefficient (Wildman–Crippen LogP) is 2.39. The first-order valence-electron chi connectivity index (χ1n) is 6.06. The van der Waals surface area contributed by atoms with Crippen LogP contribution in [0.25, 0.3) is 10.8 Å². The highest BCUT2D eigenvalue weighted by Crippen LogP contribution is 2.23. The van der Waals surface area contributed by atoms with E-state index in [1.54, 1.807) is 0 Å². The van der Waals surface area contributed by atoms with Crippen LogP contribution in [0.3, 0.4) is 0 Å². The van der Waals surface area contributed by atoms with Gasteiger partial charge in [0.15, 0.2) is 12.4 Å². The molecular formula is C14H10N2O4S. The maximum atomic E-state index is 11.8. The minimum Gasteiger partial charge on any atom is -0.619 e. The van der Waals surface area contributed by atoms with Gasteiger partial charge in [-0.2, -0.15) is 4.73 Å². The number of hydrogen-bond acceptors (Lipinski definition) is 6. The van der Waals surface area contributed by atoms with E-state index in [1.807, 2.05) is 17.5 Å². The number of esters is 1. The van der Waals surface area contributed by atoms with Crippen LogP contribution in [0.15, 0.2) is 52.7 Å². The molecule has 0 spiro atoms. The monoisotopic (exact) mass is 302 g/mol. The van der Waals surface area contributed by atoms with Gasteiger partial charge in [-0.3, -0.25) is 0 Å². The Labute approximate surface area is 123 Å². The summed E-state index contributed by atoms with van der Waals surface area (Å²) >= 11 is 1.52. The van der Waals surface area contributed by atoms with Gasteiger partial charge in [-0.1, -0.05) is 6.07 Å². The Hall–Kier alpha value is -2.67. The number of oxazole rings is 1. The largest absolute Gasteiger partial charge is 0.619 e. The lowest BCUT2D eigenvalue weighted by atomic mass is 10.3. The van der Waals surface area contributed by atoms with E-state index in [9.17, 15) is 10.0 Å². The zero-order valence-corrected chi connectivity index (χ0v) is 11.6. The van der Waals surface area contributed by atoms with Crippen molar-refractivity contribution in [1.29, 1.82) is 0 Å². The van der Waals surface area contributed by atoms with Crippen molar-refractivity contribution in [2.75, 3.05) is 0 Å². The Kier molecular flexibility index (Phi) is 3.65. The molecule has 21 heavy (non-hydrogen) atoms. The molecule has 3 aromatic rings. The molecule has 0 bridgehead atoms. The molecule has 3 heterocycles. The summed E-state index contributed by atoms with van der Waals surface area (Å²) in [5.74, 6) is -0.0144. The molecule has 0 N–H and O–H groups in total. The van der Waals surface area contributed by atoms with E-state index in [1.165, 1.54) is 42.1 Å². The lowest BCUT2D eigenvalue weighted by Crippen LogP contribution is -2.24. The number of aromatic nitrogens is 2. The summed E-state index contributed by atoms with van der Waals surface area (Å²) in [5, 5.41) is 12.8. The first-order chi connectivity index (χ1) is 10.2. The van der Waals surface area contributed by atoms with Crippen LogP contribution in [-0.4, -0.2) is 11.0 Å². The molecule has 0 saturated heterocycles. The zero-order chi connectivity index (χ0) is 14.7. The van der Waals surface area contributed by atoms with Crippen LogP contribution >= 0.6 is 11.3 Å². The van der Waals surface area contributed by atoms with Gasteiger partial charge in [0.2, 0.25) is 5.89 Å². The van der Waals surface area contributed by atoms with Crippen LogP contribution in [0.5, 0.6) is 0 Å². The highest BCUT2D eigenvalue weighted by atomic mass is 32.1. The third-order valence-corrected chi connectivity index (χ3v) is 3.53. The van der Waals surface area contributed by atoms with Gasteiger partial charge >= 0.3 is 5.97 Å². The van der Waals surface area contributed by atoms with Crippen molar-refractivity contribution < 1.29 is 18.7 Å². The maximum Gasteiger partial charge on any atom is 0.338 e. The molecule has 7 heteroatoms. The molecular weight excluding hydrogens is 292 g/mol. The number of ether oxygens (including phenoxy) is 1. The van der Waals surface area contributed by atoms with Gasteiger partial charge in [0.1, 0.15) is 18.6 Å². The third-order valence-electron chi connectivity index (χ3n) is 2.67. The van der Waals surface area contributed by atoms with E-state index in [0.29, 0.717) is 21.9 Å². The predicted molar refractivity (Wildman–Crippen MR) is 74.3 cm³/mol. The number of carbonyl (C=O) groups excluding carboxylic acids is 1. The average molecular weight is 302 g/mol. The van der Waals surface area contributed by atoms with Crippen molar-refractivity contribution in [3.05, 3.63) is 64.8 Å². The average Bonchev–Trinajstić information content (AvgIpc) is 3.16. The molecule has 3 rings (SSSR count). The number of thiophene rings is 1. The van der Waals surface area contributed by atoms with Crippen LogP contribution in [-0.2, 0) is 11.3 Å². The second-order valence-electron chi connectivity index (χ2n) is 4.14. The highest BCUT2D eigenvalue weighted by molar-refractivity contribution is 7.13. The fourth-order valence-electron chi connectivity index (χ4n) is 1.66. The maximum absolute atomic E-state index is 11.8. The molecule has 3 aromatic heterocycles.